The molecule has 1 rings (SSSR count). The molecule has 0 fully saturated rings. The molecule has 4 nitrogen and oxygen atoms in total. The maximum absolute atomic E-state index is 11.6. The minimum atomic E-state index is -0.506. The van der Waals surface area contributed by atoms with Crippen molar-refractivity contribution in [2.45, 2.75) is 17.1 Å². The lowest BCUT2D eigenvalue weighted by Crippen LogP contribution is -2.41. The minimum Gasteiger partial charge on any atom is -0.341 e. The van der Waals surface area contributed by atoms with Gasteiger partial charge in [-0.3, -0.25) is 10.1 Å². The molecule has 1 aromatic carbocycles. The summed E-state index contributed by atoms with van der Waals surface area (Å²) in [7, 11) is 1.46. The second-order valence-electron chi connectivity index (χ2n) is 3.29. The number of thioether (sulfide) groups is 1. The van der Waals surface area contributed by atoms with Crippen molar-refractivity contribution in [3.63, 3.8) is 0 Å². The lowest BCUT2D eigenvalue weighted by molar-refractivity contribution is -0.119. The number of hydrogen-bond acceptors (Lipinski definition) is 3. The van der Waals surface area contributed by atoms with E-state index in [1.54, 1.807) is 19.1 Å². The first-order chi connectivity index (χ1) is 8.02. The van der Waals surface area contributed by atoms with Gasteiger partial charge in [0.25, 0.3) is 0 Å². The van der Waals surface area contributed by atoms with E-state index >= 15 is 0 Å². The second-order valence-corrected chi connectivity index (χ2v) is 5.14. The van der Waals surface area contributed by atoms with Gasteiger partial charge in [0.15, 0.2) is 0 Å². The van der Waals surface area contributed by atoms with Gasteiger partial charge in [-0.25, -0.2) is 4.79 Å². The van der Waals surface area contributed by atoms with E-state index in [4.69, 9.17) is 11.6 Å². The molecule has 0 radical (unpaired) electrons. The molecule has 0 bridgehead atoms. The molecule has 6 heteroatoms. The normalized spacial score (nSPS) is 11.7. The molecule has 0 saturated heterocycles. The summed E-state index contributed by atoms with van der Waals surface area (Å²) in [5.41, 5.74) is 0. The van der Waals surface area contributed by atoms with E-state index in [9.17, 15) is 9.59 Å². The van der Waals surface area contributed by atoms with Crippen LogP contribution in [0.1, 0.15) is 6.92 Å². The number of rotatable bonds is 3. The third kappa shape index (κ3) is 4.66. The number of amides is 3. The zero-order valence-electron chi connectivity index (χ0n) is 9.49. The first kappa shape index (κ1) is 13.9. The second kappa shape index (κ2) is 6.51. The van der Waals surface area contributed by atoms with Gasteiger partial charge in [-0.15, -0.1) is 11.8 Å². The highest BCUT2D eigenvalue weighted by Gasteiger charge is 2.16. The molecule has 0 spiro atoms. The van der Waals surface area contributed by atoms with Gasteiger partial charge in [-0.05, 0) is 25.1 Å². The van der Waals surface area contributed by atoms with E-state index in [0.717, 1.165) is 4.90 Å². The molecule has 3 amide bonds. The molecule has 0 aliphatic carbocycles. The Morgan fingerprint density at radius 1 is 1.41 bits per heavy atom. The fourth-order valence-corrected chi connectivity index (χ4v) is 2.26. The summed E-state index contributed by atoms with van der Waals surface area (Å²) in [5.74, 6) is -0.339. The van der Waals surface area contributed by atoms with Gasteiger partial charge in [-0.1, -0.05) is 17.7 Å². The van der Waals surface area contributed by atoms with Crippen molar-refractivity contribution in [1.82, 2.24) is 10.6 Å². The van der Waals surface area contributed by atoms with Gasteiger partial charge in [0.1, 0.15) is 0 Å². The van der Waals surface area contributed by atoms with Crippen LogP contribution in [0, 0.1) is 0 Å². The molecule has 0 aromatic heterocycles. The van der Waals surface area contributed by atoms with Crippen molar-refractivity contribution in [2.24, 2.45) is 0 Å². The first-order valence-corrected chi connectivity index (χ1v) is 6.23. The Hall–Kier alpha value is -1.20. The Morgan fingerprint density at radius 2 is 2.12 bits per heavy atom. The molecule has 1 aromatic rings. The van der Waals surface area contributed by atoms with E-state index in [0.29, 0.717) is 5.02 Å². The molecule has 0 aliphatic heterocycles. The summed E-state index contributed by atoms with van der Waals surface area (Å²) < 4.78 is 0. The van der Waals surface area contributed by atoms with Crippen molar-refractivity contribution in [1.29, 1.82) is 0 Å². The van der Waals surface area contributed by atoms with Crippen LogP contribution in [0.25, 0.3) is 0 Å². The highest BCUT2D eigenvalue weighted by molar-refractivity contribution is 8.00. The van der Waals surface area contributed by atoms with Gasteiger partial charge >= 0.3 is 6.03 Å². The molecule has 2 N–H and O–H groups in total. The van der Waals surface area contributed by atoms with Gasteiger partial charge in [0.05, 0.1) is 5.25 Å². The fourth-order valence-electron chi connectivity index (χ4n) is 1.07. The summed E-state index contributed by atoms with van der Waals surface area (Å²) in [4.78, 5) is 23.4. The number of benzene rings is 1. The maximum atomic E-state index is 11.6. The minimum absolute atomic E-state index is 0.339. The quantitative estimate of drug-likeness (QED) is 0.830. The molecule has 0 saturated carbocycles. The molecule has 92 valence electrons. The van der Waals surface area contributed by atoms with Crippen LogP contribution in [0.15, 0.2) is 29.2 Å². The van der Waals surface area contributed by atoms with E-state index in [1.807, 2.05) is 12.1 Å². The van der Waals surface area contributed by atoms with Crippen LogP contribution in [-0.4, -0.2) is 24.2 Å². The average Bonchev–Trinajstić information content (AvgIpc) is 2.28. The zero-order chi connectivity index (χ0) is 12.8. The predicted octanol–water partition coefficient (Wildman–Crippen LogP) is 2.28. The number of nitrogens with one attached hydrogen (secondary N) is 2. The predicted molar refractivity (Wildman–Crippen MR) is 69.4 cm³/mol. The topological polar surface area (TPSA) is 58.2 Å². The number of carbonyl (C=O) groups is 2. The van der Waals surface area contributed by atoms with Gasteiger partial charge in [0.2, 0.25) is 5.91 Å². The molecular formula is C11H13ClN2O2S. The monoisotopic (exact) mass is 272 g/mol. The van der Waals surface area contributed by atoms with Crippen LogP contribution >= 0.6 is 23.4 Å². The van der Waals surface area contributed by atoms with Gasteiger partial charge in [-0.2, -0.15) is 0 Å². The Labute approximate surface area is 109 Å². The van der Waals surface area contributed by atoms with E-state index in [-0.39, 0.29) is 11.2 Å². The Balaban J connectivity index is 2.57. The summed E-state index contributed by atoms with van der Waals surface area (Å²) in [6.07, 6.45) is 0. The van der Waals surface area contributed by atoms with Crippen molar-refractivity contribution in [3.05, 3.63) is 29.3 Å². The zero-order valence-corrected chi connectivity index (χ0v) is 11.1. The van der Waals surface area contributed by atoms with Crippen molar-refractivity contribution >= 4 is 35.3 Å². The maximum Gasteiger partial charge on any atom is 0.321 e. The van der Waals surface area contributed by atoms with E-state index in [2.05, 4.69) is 10.6 Å². The lowest BCUT2D eigenvalue weighted by atomic mass is 10.4. The van der Waals surface area contributed by atoms with Crippen molar-refractivity contribution in [2.75, 3.05) is 7.05 Å². The van der Waals surface area contributed by atoms with E-state index < -0.39 is 6.03 Å². The highest BCUT2D eigenvalue weighted by Crippen LogP contribution is 2.25. The molecule has 1 atom stereocenters. The summed E-state index contributed by atoms with van der Waals surface area (Å²) in [5, 5.41) is 4.79. The lowest BCUT2D eigenvalue weighted by Gasteiger charge is -2.10. The number of halogens is 1. The standard InChI is InChI=1S/C11H13ClN2O2S/c1-7(10(15)14-11(16)13-2)17-9-5-3-4-8(12)6-9/h3-7H,1-2H3,(H2,13,14,15,16)/t7-/m0/s1. The van der Waals surface area contributed by atoms with Crippen molar-refractivity contribution in [3.8, 4) is 0 Å². The van der Waals surface area contributed by atoms with Crippen LogP contribution in [0.3, 0.4) is 0 Å². The SMILES string of the molecule is CNC(=O)NC(=O)[C@H](C)Sc1cccc(Cl)c1. The summed E-state index contributed by atoms with van der Waals surface area (Å²) in [6, 6.07) is 6.71. The average molecular weight is 273 g/mol. The summed E-state index contributed by atoms with van der Waals surface area (Å²) in [6.45, 7) is 1.73. The largest absolute Gasteiger partial charge is 0.341 e. The fraction of sp³-hybridized carbons (Fsp3) is 0.273. The third-order valence-corrected chi connectivity index (χ3v) is 3.27. The highest BCUT2D eigenvalue weighted by atomic mass is 35.5. The first-order valence-electron chi connectivity index (χ1n) is 4.97. The molecule has 17 heavy (non-hydrogen) atoms. The molecular weight excluding hydrogens is 260 g/mol. The molecule has 0 heterocycles. The Kier molecular flexibility index (Phi) is 5.31. The van der Waals surface area contributed by atoms with Gasteiger partial charge in [0, 0.05) is 17.0 Å². The Bertz CT molecular complexity index is 426. The number of urea groups is 1. The number of hydrogen-bond donors (Lipinski definition) is 2. The number of imide groups is 1. The van der Waals surface area contributed by atoms with Crippen LogP contribution < -0.4 is 10.6 Å². The van der Waals surface area contributed by atoms with Crippen LogP contribution in [-0.2, 0) is 4.79 Å². The molecule has 0 aliphatic rings. The third-order valence-electron chi connectivity index (χ3n) is 1.94. The molecule has 0 unspecified atom stereocenters. The number of carbonyl (C=O) groups excluding carboxylic acids is 2. The summed E-state index contributed by atoms with van der Waals surface area (Å²) >= 11 is 7.18. The van der Waals surface area contributed by atoms with Gasteiger partial charge < -0.3 is 5.32 Å². The Morgan fingerprint density at radius 3 is 2.71 bits per heavy atom. The van der Waals surface area contributed by atoms with Crippen LogP contribution in [0.5, 0.6) is 0 Å². The van der Waals surface area contributed by atoms with Crippen LogP contribution in [0.4, 0.5) is 4.79 Å². The van der Waals surface area contributed by atoms with Crippen molar-refractivity contribution < 1.29 is 9.59 Å². The smallest absolute Gasteiger partial charge is 0.321 e. The van der Waals surface area contributed by atoms with Crippen LogP contribution in [0.2, 0.25) is 5.02 Å². The van der Waals surface area contributed by atoms with E-state index in [1.165, 1.54) is 18.8 Å².